The SMILES string of the molecule is COc1cc(/C=N\NC(=O)C2=NNCC2c2ccc(Cl)cc2)cc(OC)c1. The van der Waals surface area contributed by atoms with Crippen LogP contribution in [0.25, 0.3) is 0 Å². The largest absolute Gasteiger partial charge is 0.497 e. The van der Waals surface area contributed by atoms with Gasteiger partial charge in [0.25, 0.3) is 5.91 Å². The van der Waals surface area contributed by atoms with Crippen molar-refractivity contribution in [3.05, 3.63) is 58.6 Å². The molecule has 3 rings (SSSR count). The first-order valence-electron chi connectivity index (χ1n) is 8.23. The van der Waals surface area contributed by atoms with E-state index in [2.05, 4.69) is 21.1 Å². The lowest BCUT2D eigenvalue weighted by Crippen LogP contribution is -2.30. The second kappa shape index (κ2) is 8.55. The van der Waals surface area contributed by atoms with Crippen molar-refractivity contribution in [3.8, 4) is 11.5 Å². The van der Waals surface area contributed by atoms with E-state index in [-0.39, 0.29) is 11.8 Å². The first kappa shape index (κ1) is 18.7. The Kier molecular flexibility index (Phi) is 5.93. The van der Waals surface area contributed by atoms with Gasteiger partial charge >= 0.3 is 0 Å². The molecule has 0 aliphatic carbocycles. The summed E-state index contributed by atoms with van der Waals surface area (Å²) in [6.45, 7) is 0.543. The van der Waals surface area contributed by atoms with Crippen LogP contribution in [0.1, 0.15) is 17.0 Å². The second-order valence-electron chi connectivity index (χ2n) is 5.81. The minimum Gasteiger partial charge on any atom is -0.497 e. The highest BCUT2D eigenvalue weighted by molar-refractivity contribution is 6.41. The molecule has 1 aliphatic heterocycles. The number of nitrogens with zero attached hydrogens (tertiary/aromatic N) is 2. The molecule has 1 heterocycles. The topological polar surface area (TPSA) is 84.3 Å². The van der Waals surface area contributed by atoms with Gasteiger partial charge in [0.2, 0.25) is 0 Å². The molecule has 8 heteroatoms. The van der Waals surface area contributed by atoms with Gasteiger partial charge in [-0.2, -0.15) is 10.2 Å². The number of rotatable bonds is 6. The average molecular weight is 387 g/mol. The summed E-state index contributed by atoms with van der Waals surface area (Å²) < 4.78 is 10.4. The molecule has 0 bridgehead atoms. The van der Waals surface area contributed by atoms with Crippen molar-refractivity contribution in [2.45, 2.75) is 5.92 Å². The van der Waals surface area contributed by atoms with E-state index in [0.717, 1.165) is 11.1 Å². The third kappa shape index (κ3) is 4.57. The van der Waals surface area contributed by atoms with Crippen LogP contribution in [0.5, 0.6) is 11.5 Å². The van der Waals surface area contributed by atoms with Crippen LogP contribution in [0.2, 0.25) is 5.02 Å². The summed E-state index contributed by atoms with van der Waals surface area (Å²) in [5.74, 6) is 0.740. The summed E-state index contributed by atoms with van der Waals surface area (Å²) in [5.41, 5.74) is 7.44. The highest BCUT2D eigenvalue weighted by atomic mass is 35.5. The van der Waals surface area contributed by atoms with Crippen LogP contribution in [0, 0.1) is 0 Å². The number of halogens is 1. The monoisotopic (exact) mass is 386 g/mol. The molecular weight excluding hydrogens is 368 g/mol. The number of methoxy groups -OCH3 is 2. The molecule has 0 saturated carbocycles. The van der Waals surface area contributed by atoms with Gasteiger partial charge in [0.05, 0.1) is 26.4 Å². The number of hydrogen-bond donors (Lipinski definition) is 2. The van der Waals surface area contributed by atoms with Gasteiger partial charge in [-0.1, -0.05) is 23.7 Å². The maximum atomic E-state index is 12.5. The Morgan fingerprint density at radius 3 is 2.52 bits per heavy atom. The molecule has 27 heavy (non-hydrogen) atoms. The molecule has 7 nitrogen and oxygen atoms in total. The van der Waals surface area contributed by atoms with Crippen molar-refractivity contribution >= 4 is 29.4 Å². The van der Waals surface area contributed by atoms with Crippen molar-refractivity contribution < 1.29 is 14.3 Å². The Morgan fingerprint density at radius 2 is 1.89 bits per heavy atom. The van der Waals surface area contributed by atoms with Crippen molar-refractivity contribution in [2.24, 2.45) is 10.2 Å². The Bertz CT molecular complexity index is 859. The number of hydrogen-bond acceptors (Lipinski definition) is 6. The number of ether oxygens (including phenoxy) is 2. The van der Waals surface area contributed by atoms with Crippen LogP contribution >= 0.6 is 11.6 Å². The molecular formula is C19H19ClN4O3. The molecule has 1 atom stereocenters. The fourth-order valence-electron chi connectivity index (χ4n) is 2.70. The maximum Gasteiger partial charge on any atom is 0.288 e. The van der Waals surface area contributed by atoms with Crippen LogP contribution in [-0.2, 0) is 4.79 Å². The minimum absolute atomic E-state index is 0.158. The van der Waals surface area contributed by atoms with E-state index < -0.39 is 0 Å². The predicted octanol–water partition coefficient (Wildman–Crippen LogP) is 2.55. The standard InChI is InChI=1S/C19H19ClN4O3/c1-26-15-7-12(8-16(9-15)27-2)10-21-24-19(25)18-17(11-22-23-18)13-3-5-14(20)6-4-13/h3-10,17,22H,11H2,1-2H3,(H,24,25)/b21-10-. The number of carbonyl (C=O) groups is 1. The lowest BCUT2D eigenvalue weighted by atomic mass is 9.94. The molecule has 2 N–H and O–H groups in total. The summed E-state index contributed by atoms with van der Waals surface area (Å²) >= 11 is 5.93. The summed E-state index contributed by atoms with van der Waals surface area (Å²) in [4.78, 5) is 12.5. The van der Waals surface area contributed by atoms with E-state index in [1.54, 1.807) is 44.6 Å². The van der Waals surface area contributed by atoms with Gasteiger partial charge in [0, 0.05) is 23.2 Å². The highest BCUT2D eigenvalue weighted by Crippen LogP contribution is 2.23. The number of nitrogens with one attached hydrogen (secondary N) is 2. The van der Waals surface area contributed by atoms with Crippen molar-refractivity contribution in [2.75, 3.05) is 20.8 Å². The molecule has 0 radical (unpaired) electrons. The number of carbonyl (C=O) groups excluding carboxylic acids is 1. The number of hydrazone groups is 2. The van der Waals surface area contributed by atoms with Crippen LogP contribution in [-0.4, -0.2) is 38.6 Å². The smallest absolute Gasteiger partial charge is 0.288 e. The van der Waals surface area contributed by atoms with Gasteiger partial charge in [-0.3, -0.25) is 4.79 Å². The molecule has 0 spiro atoms. The van der Waals surface area contributed by atoms with Crippen molar-refractivity contribution in [1.29, 1.82) is 0 Å². The van der Waals surface area contributed by atoms with Crippen LogP contribution < -0.4 is 20.3 Å². The highest BCUT2D eigenvalue weighted by Gasteiger charge is 2.28. The predicted molar refractivity (Wildman–Crippen MR) is 105 cm³/mol. The fourth-order valence-corrected chi connectivity index (χ4v) is 2.83. The Hall–Kier alpha value is -3.06. The molecule has 2 aromatic carbocycles. The van der Waals surface area contributed by atoms with E-state index in [1.807, 2.05) is 12.1 Å². The maximum absolute atomic E-state index is 12.5. The molecule has 1 unspecified atom stereocenters. The van der Waals surface area contributed by atoms with Gasteiger partial charge in [0.15, 0.2) is 0 Å². The molecule has 1 amide bonds. The third-order valence-corrected chi connectivity index (χ3v) is 4.34. The Labute approximate surface area is 162 Å². The first-order valence-corrected chi connectivity index (χ1v) is 8.61. The minimum atomic E-state index is -0.369. The summed E-state index contributed by atoms with van der Waals surface area (Å²) in [7, 11) is 3.14. The first-order chi connectivity index (χ1) is 13.1. The zero-order valence-electron chi connectivity index (χ0n) is 14.9. The Morgan fingerprint density at radius 1 is 1.22 bits per heavy atom. The van der Waals surface area contributed by atoms with Gasteiger partial charge in [0.1, 0.15) is 17.2 Å². The van der Waals surface area contributed by atoms with E-state index in [4.69, 9.17) is 21.1 Å². The van der Waals surface area contributed by atoms with E-state index >= 15 is 0 Å². The average Bonchev–Trinajstić information content (AvgIpc) is 3.18. The van der Waals surface area contributed by atoms with E-state index in [9.17, 15) is 4.79 Å². The molecule has 0 saturated heterocycles. The lowest BCUT2D eigenvalue weighted by Gasteiger charge is -2.11. The van der Waals surface area contributed by atoms with Crippen LogP contribution in [0.3, 0.4) is 0 Å². The van der Waals surface area contributed by atoms with Gasteiger partial charge in [-0.25, -0.2) is 5.43 Å². The molecule has 140 valence electrons. The number of amides is 1. The summed E-state index contributed by atoms with van der Waals surface area (Å²) in [5, 5.41) is 8.76. The zero-order valence-corrected chi connectivity index (χ0v) is 15.7. The van der Waals surface area contributed by atoms with E-state index in [1.165, 1.54) is 6.21 Å². The van der Waals surface area contributed by atoms with Gasteiger partial charge < -0.3 is 14.9 Å². The summed E-state index contributed by atoms with van der Waals surface area (Å²) in [6.07, 6.45) is 1.52. The fraction of sp³-hybridized carbons (Fsp3) is 0.211. The van der Waals surface area contributed by atoms with Crippen molar-refractivity contribution in [1.82, 2.24) is 10.9 Å². The molecule has 0 aromatic heterocycles. The Balaban J connectivity index is 1.68. The molecule has 2 aromatic rings. The van der Waals surface area contributed by atoms with Gasteiger partial charge in [-0.15, -0.1) is 0 Å². The normalized spacial score (nSPS) is 16.0. The third-order valence-electron chi connectivity index (χ3n) is 4.08. The van der Waals surface area contributed by atoms with Crippen molar-refractivity contribution in [3.63, 3.8) is 0 Å². The summed E-state index contributed by atoms with van der Waals surface area (Å²) in [6, 6.07) is 12.7. The van der Waals surface area contributed by atoms with Crippen LogP contribution in [0.4, 0.5) is 0 Å². The second-order valence-corrected chi connectivity index (χ2v) is 6.24. The van der Waals surface area contributed by atoms with E-state index in [0.29, 0.717) is 28.8 Å². The van der Waals surface area contributed by atoms with Crippen LogP contribution in [0.15, 0.2) is 52.7 Å². The van der Waals surface area contributed by atoms with Gasteiger partial charge in [-0.05, 0) is 29.8 Å². The molecule has 1 aliphatic rings. The quantitative estimate of drug-likeness (QED) is 0.590. The zero-order chi connectivity index (χ0) is 19.2. The lowest BCUT2D eigenvalue weighted by molar-refractivity contribution is -0.114. The number of benzene rings is 2. The molecule has 0 fully saturated rings.